The van der Waals surface area contributed by atoms with E-state index >= 15 is 0 Å². The summed E-state index contributed by atoms with van der Waals surface area (Å²) in [6.07, 6.45) is -4.77. The molecule has 26 heavy (non-hydrogen) atoms. The molecule has 0 radical (unpaired) electrons. The predicted molar refractivity (Wildman–Crippen MR) is 89.8 cm³/mol. The minimum absolute atomic E-state index is 0.0480. The van der Waals surface area contributed by atoms with Crippen LogP contribution in [0, 0.1) is 5.82 Å². The molecule has 2 aromatic carbocycles. The second kappa shape index (κ2) is 6.69. The molecule has 0 atom stereocenters. The maximum absolute atomic E-state index is 13.9. The summed E-state index contributed by atoms with van der Waals surface area (Å²) in [7, 11) is -4.42. The Morgan fingerprint density at radius 3 is 2.35 bits per heavy atom. The first-order valence-electron chi connectivity index (χ1n) is 7.07. The Morgan fingerprint density at radius 1 is 1.04 bits per heavy atom. The first-order valence-corrected chi connectivity index (χ1v) is 9.43. The van der Waals surface area contributed by atoms with E-state index in [1.165, 1.54) is 16.7 Å². The fraction of sp³-hybridized carbons (Fsp3) is 0.0625. The Morgan fingerprint density at radius 2 is 1.73 bits per heavy atom. The van der Waals surface area contributed by atoms with Crippen molar-refractivity contribution in [2.24, 2.45) is 0 Å². The summed E-state index contributed by atoms with van der Waals surface area (Å²) in [5, 5.41) is 1.96. The van der Waals surface area contributed by atoms with Crippen molar-refractivity contribution in [1.82, 2.24) is 4.98 Å². The van der Waals surface area contributed by atoms with E-state index in [9.17, 15) is 26.0 Å². The second-order valence-corrected chi connectivity index (χ2v) is 7.66. The van der Waals surface area contributed by atoms with Gasteiger partial charge in [0.2, 0.25) is 0 Å². The Balaban J connectivity index is 1.87. The Kier molecular flexibility index (Phi) is 4.72. The van der Waals surface area contributed by atoms with Gasteiger partial charge in [-0.25, -0.2) is 17.8 Å². The zero-order valence-corrected chi connectivity index (χ0v) is 14.4. The van der Waals surface area contributed by atoms with Crippen LogP contribution in [0.4, 0.5) is 23.4 Å². The van der Waals surface area contributed by atoms with Crippen molar-refractivity contribution in [1.29, 1.82) is 0 Å². The lowest BCUT2D eigenvalue weighted by molar-refractivity contribution is -0.137. The molecule has 0 unspecified atom stereocenters. The third kappa shape index (κ3) is 3.86. The SMILES string of the molecule is O=S(=O)(Nc1csc(-c2ccccc2)n1)c1ccc(C(F)(F)F)cc1F. The smallest absolute Gasteiger partial charge is 0.263 e. The van der Waals surface area contributed by atoms with Crippen molar-refractivity contribution in [3.63, 3.8) is 0 Å². The fourth-order valence-electron chi connectivity index (χ4n) is 2.12. The molecule has 1 heterocycles. The molecule has 10 heteroatoms. The van der Waals surface area contributed by atoms with Crippen molar-refractivity contribution in [2.75, 3.05) is 4.72 Å². The molecule has 136 valence electrons. The lowest BCUT2D eigenvalue weighted by Crippen LogP contribution is -2.16. The van der Waals surface area contributed by atoms with Crippen LogP contribution in [0.3, 0.4) is 0 Å². The number of hydrogen-bond acceptors (Lipinski definition) is 4. The van der Waals surface area contributed by atoms with Gasteiger partial charge in [-0.1, -0.05) is 30.3 Å². The summed E-state index contributed by atoms with van der Waals surface area (Å²) in [6, 6.07) is 10.2. The molecular weight excluding hydrogens is 392 g/mol. The molecule has 0 spiro atoms. The van der Waals surface area contributed by atoms with E-state index < -0.39 is 32.5 Å². The van der Waals surface area contributed by atoms with Gasteiger partial charge in [-0.05, 0) is 18.2 Å². The minimum Gasteiger partial charge on any atom is -0.263 e. The highest BCUT2D eigenvalue weighted by atomic mass is 32.2. The number of nitrogens with zero attached hydrogens (tertiary/aromatic N) is 1. The Bertz CT molecular complexity index is 1030. The normalized spacial score (nSPS) is 12.2. The topological polar surface area (TPSA) is 59.1 Å². The number of thiazole rings is 1. The maximum atomic E-state index is 13.9. The molecule has 0 saturated carbocycles. The Hall–Kier alpha value is -2.46. The van der Waals surface area contributed by atoms with Crippen molar-refractivity contribution in [2.45, 2.75) is 11.1 Å². The van der Waals surface area contributed by atoms with Crippen LogP contribution in [0.15, 0.2) is 58.8 Å². The molecule has 0 fully saturated rings. The van der Waals surface area contributed by atoms with Gasteiger partial charge in [0.25, 0.3) is 10.0 Å². The summed E-state index contributed by atoms with van der Waals surface area (Å²) in [5.74, 6) is -1.54. The summed E-state index contributed by atoms with van der Waals surface area (Å²) in [4.78, 5) is 3.21. The van der Waals surface area contributed by atoms with Crippen LogP contribution in [0.2, 0.25) is 0 Å². The van der Waals surface area contributed by atoms with Gasteiger partial charge in [0.15, 0.2) is 5.82 Å². The summed E-state index contributed by atoms with van der Waals surface area (Å²) in [5.41, 5.74) is -0.502. The van der Waals surface area contributed by atoms with Crippen molar-refractivity contribution in [3.8, 4) is 10.6 Å². The first kappa shape index (κ1) is 18.3. The van der Waals surface area contributed by atoms with Crippen LogP contribution in [-0.4, -0.2) is 13.4 Å². The van der Waals surface area contributed by atoms with Crippen LogP contribution in [-0.2, 0) is 16.2 Å². The molecule has 0 aliphatic heterocycles. The third-order valence-corrected chi connectivity index (χ3v) is 5.59. The van der Waals surface area contributed by atoms with Gasteiger partial charge < -0.3 is 0 Å². The van der Waals surface area contributed by atoms with Crippen LogP contribution < -0.4 is 4.72 Å². The minimum atomic E-state index is -4.77. The van der Waals surface area contributed by atoms with Gasteiger partial charge in [-0.3, -0.25) is 4.72 Å². The third-order valence-electron chi connectivity index (χ3n) is 3.31. The number of anilines is 1. The zero-order valence-electron chi connectivity index (χ0n) is 12.8. The molecule has 0 saturated heterocycles. The zero-order chi connectivity index (χ0) is 18.9. The standard InChI is InChI=1S/C16H10F4N2O2S2/c17-12-8-11(16(18,19)20)6-7-13(12)26(23,24)22-14-9-25-15(21-14)10-4-2-1-3-5-10/h1-9,22H. The average Bonchev–Trinajstić information content (AvgIpc) is 3.02. The molecule has 1 N–H and O–H groups in total. The van der Waals surface area contributed by atoms with Gasteiger partial charge >= 0.3 is 6.18 Å². The molecule has 0 aliphatic rings. The van der Waals surface area contributed by atoms with Crippen LogP contribution in [0.25, 0.3) is 10.6 Å². The van der Waals surface area contributed by atoms with Gasteiger partial charge in [0.05, 0.1) is 5.56 Å². The lowest BCUT2D eigenvalue weighted by atomic mass is 10.2. The quantitative estimate of drug-likeness (QED) is 0.640. The molecule has 1 aromatic heterocycles. The number of hydrogen-bond donors (Lipinski definition) is 1. The number of halogens is 4. The monoisotopic (exact) mass is 402 g/mol. The molecule has 3 rings (SSSR count). The maximum Gasteiger partial charge on any atom is 0.416 e. The van der Waals surface area contributed by atoms with Gasteiger partial charge in [-0.15, -0.1) is 11.3 Å². The number of benzene rings is 2. The number of rotatable bonds is 4. The predicted octanol–water partition coefficient (Wildman–Crippen LogP) is 4.77. The van der Waals surface area contributed by atoms with Crippen LogP contribution in [0.5, 0.6) is 0 Å². The van der Waals surface area contributed by atoms with E-state index in [-0.39, 0.29) is 11.9 Å². The molecule has 4 nitrogen and oxygen atoms in total. The molecular formula is C16H10F4N2O2S2. The van der Waals surface area contributed by atoms with E-state index in [1.54, 1.807) is 24.3 Å². The molecule has 0 amide bonds. The van der Waals surface area contributed by atoms with E-state index in [0.717, 1.165) is 5.56 Å². The summed E-state index contributed by atoms with van der Waals surface area (Å²) in [6.45, 7) is 0. The number of aromatic nitrogens is 1. The number of alkyl halides is 3. The molecule has 0 aliphatic carbocycles. The van der Waals surface area contributed by atoms with Crippen LogP contribution >= 0.6 is 11.3 Å². The first-order chi connectivity index (χ1) is 12.2. The van der Waals surface area contributed by atoms with Crippen LogP contribution in [0.1, 0.15) is 5.56 Å². The highest BCUT2D eigenvalue weighted by Gasteiger charge is 2.32. The lowest BCUT2D eigenvalue weighted by Gasteiger charge is -2.10. The van der Waals surface area contributed by atoms with E-state index in [2.05, 4.69) is 9.71 Å². The highest BCUT2D eigenvalue weighted by molar-refractivity contribution is 7.92. The largest absolute Gasteiger partial charge is 0.416 e. The van der Waals surface area contributed by atoms with Gasteiger partial charge in [0.1, 0.15) is 15.7 Å². The van der Waals surface area contributed by atoms with Gasteiger partial charge in [-0.2, -0.15) is 13.2 Å². The molecule has 0 bridgehead atoms. The number of sulfonamides is 1. The second-order valence-electron chi connectivity index (χ2n) is 5.15. The average molecular weight is 402 g/mol. The highest BCUT2D eigenvalue weighted by Crippen LogP contribution is 2.32. The van der Waals surface area contributed by atoms with E-state index in [1.807, 2.05) is 6.07 Å². The van der Waals surface area contributed by atoms with Crippen molar-refractivity contribution < 1.29 is 26.0 Å². The summed E-state index contributed by atoms with van der Waals surface area (Å²) >= 11 is 1.17. The summed E-state index contributed by atoms with van der Waals surface area (Å²) < 4.78 is 78.2. The van der Waals surface area contributed by atoms with Crippen molar-refractivity contribution in [3.05, 3.63) is 65.3 Å². The fourth-order valence-corrected chi connectivity index (χ4v) is 4.01. The molecule has 3 aromatic rings. The number of nitrogens with one attached hydrogen (secondary N) is 1. The Labute approximate surface area is 150 Å². The van der Waals surface area contributed by atoms with Gasteiger partial charge in [0, 0.05) is 10.9 Å². The van der Waals surface area contributed by atoms with Crippen molar-refractivity contribution >= 4 is 27.2 Å². The van der Waals surface area contributed by atoms with E-state index in [4.69, 9.17) is 0 Å². The van der Waals surface area contributed by atoms with E-state index in [0.29, 0.717) is 17.1 Å².